The Morgan fingerprint density at radius 1 is 0.594 bits per heavy atom. The number of benzene rings is 1. The first-order valence-electron chi connectivity index (χ1n) is 11.2. The number of pyridine rings is 2. The fourth-order valence-corrected chi connectivity index (χ4v) is 3.51. The lowest BCUT2D eigenvalue weighted by molar-refractivity contribution is 0.864. The average molecular weight is 423 g/mol. The van der Waals surface area contributed by atoms with Crippen LogP contribution in [0.1, 0.15) is 50.2 Å². The van der Waals surface area contributed by atoms with Crippen molar-refractivity contribution in [2.45, 2.75) is 27.7 Å². The van der Waals surface area contributed by atoms with Crippen molar-refractivity contribution in [3.05, 3.63) is 83.4 Å². The van der Waals surface area contributed by atoms with E-state index in [0.717, 1.165) is 60.1 Å². The quantitative estimate of drug-likeness (QED) is 0.525. The number of rotatable bonds is 6. The van der Waals surface area contributed by atoms with E-state index < -0.39 is 0 Å². The smallest absolute Gasteiger partial charge is 0.115 e. The van der Waals surface area contributed by atoms with Crippen LogP contribution >= 0.6 is 0 Å². The summed E-state index contributed by atoms with van der Waals surface area (Å²) in [7, 11) is 0. The van der Waals surface area contributed by atoms with Gasteiger partial charge in [-0.05, 0) is 75.9 Å². The van der Waals surface area contributed by atoms with E-state index >= 15 is 0 Å². The van der Waals surface area contributed by atoms with Crippen LogP contribution in [0.5, 0.6) is 0 Å². The van der Waals surface area contributed by atoms with Crippen LogP contribution in [-0.4, -0.2) is 36.1 Å². The van der Waals surface area contributed by atoms with Gasteiger partial charge in [-0.1, -0.05) is 24.0 Å². The lowest BCUT2D eigenvalue weighted by Gasteiger charge is -2.20. The Morgan fingerprint density at radius 2 is 1.00 bits per heavy atom. The van der Waals surface area contributed by atoms with Crippen LogP contribution in [0.2, 0.25) is 0 Å². The van der Waals surface area contributed by atoms with Gasteiger partial charge in [0.15, 0.2) is 0 Å². The van der Waals surface area contributed by atoms with Crippen LogP contribution in [0.25, 0.3) is 0 Å². The Morgan fingerprint density at radius 3 is 1.38 bits per heavy atom. The second-order valence-corrected chi connectivity index (χ2v) is 7.19. The summed E-state index contributed by atoms with van der Waals surface area (Å²) in [6.45, 7) is 12.4. The first-order chi connectivity index (χ1) is 15.7. The van der Waals surface area contributed by atoms with Crippen molar-refractivity contribution in [2.24, 2.45) is 0 Å². The van der Waals surface area contributed by atoms with Gasteiger partial charge in [-0.15, -0.1) is 0 Å². The molecule has 3 rings (SSSR count). The molecule has 4 heteroatoms. The molecule has 0 aliphatic heterocycles. The molecule has 0 fully saturated rings. The van der Waals surface area contributed by atoms with Gasteiger partial charge >= 0.3 is 0 Å². The highest BCUT2D eigenvalue weighted by Crippen LogP contribution is 2.15. The van der Waals surface area contributed by atoms with Gasteiger partial charge in [0.05, 0.1) is 0 Å². The Kier molecular flexibility index (Phi) is 8.29. The fraction of sp³-hybridized carbons (Fsp3) is 0.286. The van der Waals surface area contributed by atoms with Gasteiger partial charge in [0, 0.05) is 61.1 Å². The summed E-state index contributed by atoms with van der Waals surface area (Å²) in [6, 6.07) is 16.1. The second-order valence-electron chi connectivity index (χ2n) is 7.19. The highest BCUT2D eigenvalue weighted by molar-refractivity contribution is 5.56. The van der Waals surface area contributed by atoms with Crippen molar-refractivity contribution in [2.75, 3.05) is 36.0 Å². The minimum Gasteiger partial charge on any atom is -0.372 e. The summed E-state index contributed by atoms with van der Waals surface area (Å²) in [4.78, 5) is 13.4. The van der Waals surface area contributed by atoms with Gasteiger partial charge in [0.1, 0.15) is 11.4 Å². The molecule has 0 atom stereocenters. The van der Waals surface area contributed by atoms with Crippen molar-refractivity contribution in [3.8, 4) is 23.7 Å². The second kappa shape index (κ2) is 11.6. The van der Waals surface area contributed by atoms with Crippen LogP contribution in [0.3, 0.4) is 0 Å². The molecular formula is C28H30N4. The topological polar surface area (TPSA) is 32.3 Å². The zero-order chi connectivity index (χ0) is 22.8. The highest BCUT2D eigenvalue weighted by atomic mass is 15.1. The lowest BCUT2D eigenvalue weighted by atomic mass is 10.1. The van der Waals surface area contributed by atoms with E-state index in [1.165, 1.54) is 0 Å². The standard InChI is InChI=1S/C28H30N4/c1-5-31(6-2)27-17-19-29-25(21-27)15-13-23-11-9-10-12-24(23)14-16-26-22-28(18-20-30-26)32(7-3)8-4/h9-12,17-22H,5-8H2,1-4H3. The van der Waals surface area contributed by atoms with Crippen LogP contribution in [0.15, 0.2) is 60.9 Å². The van der Waals surface area contributed by atoms with Crippen molar-refractivity contribution in [3.63, 3.8) is 0 Å². The molecule has 2 aromatic heterocycles. The summed E-state index contributed by atoms with van der Waals surface area (Å²) in [5, 5.41) is 0. The van der Waals surface area contributed by atoms with Gasteiger partial charge in [0.2, 0.25) is 0 Å². The Bertz CT molecular complexity index is 1060. The van der Waals surface area contributed by atoms with E-state index in [0.29, 0.717) is 0 Å². The van der Waals surface area contributed by atoms with Gasteiger partial charge in [-0.2, -0.15) is 0 Å². The Hall–Kier alpha value is -3.76. The van der Waals surface area contributed by atoms with Crippen LogP contribution in [0.4, 0.5) is 11.4 Å². The molecule has 0 N–H and O–H groups in total. The Balaban J connectivity index is 1.87. The zero-order valence-electron chi connectivity index (χ0n) is 19.4. The molecule has 1 aromatic carbocycles. The molecule has 32 heavy (non-hydrogen) atoms. The molecule has 4 nitrogen and oxygen atoms in total. The predicted molar refractivity (Wildman–Crippen MR) is 134 cm³/mol. The van der Waals surface area contributed by atoms with Crippen molar-refractivity contribution < 1.29 is 0 Å². The third kappa shape index (κ3) is 5.90. The van der Waals surface area contributed by atoms with Crippen LogP contribution in [0, 0.1) is 23.7 Å². The van der Waals surface area contributed by atoms with E-state index in [-0.39, 0.29) is 0 Å². The fourth-order valence-electron chi connectivity index (χ4n) is 3.51. The number of hydrogen-bond donors (Lipinski definition) is 0. The molecule has 0 bridgehead atoms. The molecule has 0 amide bonds. The molecular weight excluding hydrogens is 392 g/mol. The maximum absolute atomic E-state index is 4.42. The Labute approximate surface area is 192 Å². The molecule has 0 aliphatic carbocycles. The molecule has 3 aromatic rings. The summed E-state index contributed by atoms with van der Waals surface area (Å²) >= 11 is 0. The van der Waals surface area contributed by atoms with Gasteiger partial charge < -0.3 is 9.80 Å². The third-order valence-corrected chi connectivity index (χ3v) is 5.32. The van der Waals surface area contributed by atoms with Crippen LogP contribution in [-0.2, 0) is 0 Å². The number of anilines is 2. The van der Waals surface area contributed by atoms with E-state index in [1.54, 1.807) is 0 Å². The van der Waals surface area contributed by atoms with E-state index in [2.05, 4.69) is 71.1 Å². The molecule has 0 radical (unpaired) electrons. The summed E-state index contributed by atoms with van der Waals surface area (Å²) < 4.78 is 0. The molecule has 0 saturated carbocycles. The first kappa shape index (κ1) is 22.9. The molecule has 2 heterocycles. The molecule has 0 aliphatic rings. The maximum atomic E-state index is 4.42. The van der Waals surface area contributed by atoms with E-state index in [4.69, 9.17) is 0 Å². The minimum absolute atomic E-state index is 0.755. The lowest BCUT2D eigenvalue weighted by Crippen LogP contribution is -2.21. The summed E-state index contributed by atoms with van der Waals surface area (Å²) in [6.07, 6.45) is 3.63. The first-order valence-corrected chi connectivity index (χ1v) is 11.2. The minimum atomic E-state index is 0.755. The SMILES string of the molecule is CCN(CC)c1ccnc(C#Cc2ccccc2C#Cc2cc(N(CC)CC)ccn2)c1. The molecule has 0 saturated heterocycles. The average Bonchev–Trinajstić information content (AvgIpc) is 2.84. The van der Waals surface area contributed by atoms with Crippen molar-refractivity contribution in [1.82, 2.24) is 9.97 Å². The van der Waals surface area contributed by atoms with Gasteiger partial charge in [0.25, 0.3) is 0 Å². The van der Waals surface area contributed by atoms with E-state index in [1.807, 2.05) is 60.9 Å². The largest absolute Gasteiger partial charge is 0.372 e. The van der Waals surface area contributed by atoms with Crippen molar-refractivity contribution >= 4 is 11.4 Å². The number of nitrogens with zero attached hydrogens (tertiary/aromatic N) is 4. The summed E-state index contributed by atoms with van der Waals surface area (Å²) in [5.74, 6) is 12.9. The van der Waals surface area contributed by atoms with Gasteiger partial charge in [-0.3, -0.25) is 0 Å². The zero-order valence-corrected chi connectivity index (χ0v) is 19.4. The van der Waals surface area contributed by atoms with Crippen LogP contribution < -0.4 is 9.80 Å². The monoisotopic (exact) mass is 422 g/mol. The van der Waals surface area contributed by atoms with Gasteiger partial charge in [-0.25, -0.2) is 9.97 Å². The predicted octanol–water partition coefficient (Wildman–Crippen LogP) is 4.97. The normalized spacial score (nSPS) is 9.88. The number of hydrogen-bond acceptors (Lipinski definition) is 4. The third-order valence-electron chi connectivity index (χ3n) is 5.32. The van der Waals surface area contributed by atoms with Crippen molar-refractivity contribution in [1.29, 1.82) is 0 Å². The molecule has 0 unspecified atom stereocenters. The molecule has 162 valence electrons. The highest BCUT2D eigenvalue weighted by Gasteiger charge is 2.04. The maximum Gasteiger partial charge on any atom is 0.115 e. The number of aromatic nitrogens is 2. The summed E-state index contributed by atoms with van der Waals surface area (Å²) in [5.41, 5.74) is 5.56. The van der Waals surface area contributed by atoms with E-state index in [9.17, 15) is 0 Å². The molecule has 0 spiro atoms.